The Balaban J connectivity index is 1.67. The molecule has 3 heterocycles. The SMILES string of the molecule is CC[C@H](C)c1nc(N2CCN(C(=O)CC(C)C)CC2)c2c3c(sc2n1)CCCCC3. The molecule has 30 heavy (non-hydrogen) atoms. The zero-order valence-corrected chi connectivity index (χ0v) is 19.9. The largest absolute Gasteiger partial charge is 0.352 e. The monoisotopic (exact) mass is 428 g/mol. The van der Waals surface area contributed by atoms with E-state index in [0.29, 0.717) is 24.2 Å². The highest BCUT2D eigenvalue weighted by Gasteiger charge is 2.27. The Hall–Kier alpha value is -1.69. The number of carbonyl (C=O) groups excluding carboxylic acids is 1. The molecule has 0 bridgehead atoms. The van der Waals surface area contributed by atoms with Gasteiger partial charge in [0.05, 0.1) is 5.39 Å². The van der Waals surface area contributed by atoms with Gasteiger partial charge in [-0.1, -0.05) is 34.1 Å². The van der Waals surface area contributed by atoms with Crippen LogP contribution < -0.4 is 4.90 Å². The van der Waals surface area contributed by atoms with Crippen LogP contribution in [0.2, 0.25) is 0 Å². The van der Waals surface area contributed by atoms with Crippen LogP contribution in [0.5, 0.6) is 0 Å². The van der Waals surface area contributed by atoms with Crippen molar-refractivity contribution in [3.05, 3.63) is 16.3 Å². The van der Waals surface area contributed by atoms with Crippen molar-refractivity contribution in [1.82, 2.24) is 14.9 Å². The number of hydrogen-bond donors (Lipinski definition) is 0. The molecule has 0 aromatic carbocycles. The first kappa shape index (κ1) is 21.5. The van der Waals surface area contributed by atoms with E-state index in [1.54, 1.807) is 0 Å². The minimum absolute atomic E-state index is 0.294. The van der Waals surface area contributed by atoms with E-state index < -0.39 is 0 Å². The van der Waals surface area contributed by atoms with Crippen LogP contribution in [0.15, 0.2) is 0 Å². The van der Waals surface area contributed by atoms with Gasteiger partial charge in [-0.2, -0.15) is 0 Å². The van der Waals surface area contributed by atoms with Crippen molar-refractivity contribution in [2.24, 2.45) is 5.92 Å². The summed E-state index contributed by atoms with van der Waals surface area (Å²) in [5.74, 6) is 3.18. The molecule has 0 saturated carbocycles. The molecule has 1 saturated heterocycles. The van der Waals surface area contributed by atoms with Crippen molar-refractivity contribution in [3.63, 3.8) is 0 Å². The Morgan fingerprint density at radius 2 is 1.77 bits per heavy atom. The fourth-order valence-electron chi connectivity index (χ4n) is 4.61. The number of anilines is 1. The molecule has 5 nitrogen and oxygen atoms in total. The van der Waals surface area contributed by atoms with Gasteiger partial charge in [-0.3, -0.25) is 4.79 Å². The van der Waals surface area contributed by atoms with Crippen LogP contribution in [-0.2, 0) is 17.6 Å². The Morgan fingerprint density at radius 1 is 1.03 bits per heavy atom. The van der Waals surface area contributed by atoms with Crippen LogP contribution in [0.1, 0.15) is 82.0 Å². The number of piperazine rings is 1. The molecule has 164 valence electrons. The first-order valence-electron chi connectivity index (χ1n) is 11.8. The lowest BCUT2D eigenvalue weighted by molar-refractivity contribution is -0.132. The van der Waals surface area contributed by atoms with Gasteiger partial charge in [-0.25, -0.2) is 9.97 Å². The molecule has 0 spiro atoms. The van der Waals surface area contributed by atoms with E-state index in [1.807, 2.05) is 16.2 Å². The van der Waals surface area contributed by atoms with Crippen molar-refractivity contribution in [3.8, 4) is 0 Å². The third-order valence-electron chi connectivity index (χ3n) is 6.63. The second kappa shape index (κ2) is 9.21. The predicted octanol–water partition coefficient (Wildman–Crippen LogP) is 5.17. The smallest absolute Gasteiger partial charge is 0.222 e. The number of amides is 1. The number of aromatic nitrogens is 2. The van der Waals surface area contributed by atoms with E-state index in [0.717, 1.165) is 50.7 Å². The average Bonchev–Trinajstić information content (AvgIpc) is 2.93. The van der Waals surface area contributed by atoms with Crippen LogP contribution in [0.3, 0.4) is 0 Å². The summed E-state index contributed by atoms with van der Waals surface area (Å²) in [5.41, 5.74) is 1.51. The number of nitrogens with zero attached hydrogens (tertiary/aromatic N) is 4. The molecule has 2 aromatic heterocycles. The first-order valence-corrected chi connectivity index (χ1v) is 12.6. The first-order chi connectivity index (χ1) is 14.5. The van der Waals surface area contributed by atoms with Crippen molar-refractivity contribution < 1.29 is 4.79 Å². The molecule has 0 radical (unpaired) electrons. The second-order valence-corrected chi connectivity index (χ2v) is 10.5. The van der Waals surface area contributed by atoms with E-state index in [9.17, 15) is 4.79 Å². The lowest BCUT2D eigenvalue weighted by Crippen LogP contribution is -2.49. The Kier molecular flexibility index (Phi) is 6.61. The number of hydrogen-bond acceptors (Lipinski definition) is 5. The summed E-state index contributed by atoms with van der Waals surface area (Å²) in [6, 6.07) is 0. The summed E-state index contributed by atoms with van der Waals surface area (Å²) < 4.78 is 0. The van der Waals surface area contributed by atoms with Gasteiger partial charge in [-0.15, -0.1) is 11.3 Å². The highest BCUT2D eigenvalue weighted by molar-refractivity contribution is 7.19. The summed E-state index contributed by atoms with van der Waals surface area (Å²) in [4.78, 5) is 29.9. The molecule has 1 fully saturated rings. The van der Waals surface area contributed by atoms with E-state index in [4.69, 9.17) is 9.97 Å². The average molecular weight is 429 g/mol. The van der Waals surface area contributed by atoms with E-state index >= 15 is 0 Å². The lowest BCUT2D eigenvalue weighted by Gasteiger charge is -2.36. The maximum absolute atomic E-state index is 12.5. The Bertz CT molecular complexity index is 898. The molecule has 1 amide bonds. The van der Waals surface area contributed by atoms with Crippen LogP contribution in [0.25, 0.3) is 10.2 Å². The molecule has 6 heteroatoms. The molecule has 2 aliphatic rings. The van der Waals surface area contributed by atoms with Crippen LogP contribution >= 0.6 is 11.3 Å². The molecule has 0 N–H and O–H groups in total. The number of aryl methyl sites for hydroxylation is 2. The van der Waals surface area contributed by atoms with Crippen molar-refractivity contribution in [2.45, 2.75) is 78.6 Å². The molecular formula is C24H36N4OS. The maximum Gasteiger partial charge on any atom is 0.222 e. The Morgan fingerprint density at radius 3 is 2.47 bits per heavy atom. The van der Waals surface area contributed by atoms with E-state index in [1.165, 1.54) is 46.3 Å². The highest BCUT2D eigenvalue weighted by Crippen LogP contribution is 2.40. The van der Waals surface area contributed by atoms with Crippen LogP contribution in [0.4, 0.5) is 5.82 Å². The third kappa shape index (κ3) is 4.34. The summed E-state index contributed by atoms with van der Waals surface area (Å²) in [6.07, 6.45) is 7.91. The summed E-state index contributed by atoms with van der Waals surface area (Å²) >= 11 is 1.90. The summed E-state index contributed by atoms with van der Waals surface area (Å²) in [5, 5.41) is 1.31. The van der Waals surface area contributed by atoms with Crippen molar-refractivity contribution in [2.75, 3.05) is 31.1 Å². The highest BCUT2D eigenvalue weighted by atomic mass is 32.1. The van der Waals surface area contributed by atoms with E-state index in [2.05, 4.69) is 32.6 Å². The van der Waals surface area contributed by atoms with Crippen molar-refractivity contribution >= 4 is 33.3 Å². The van der Waals surface area contributed by atoms with Gasteiger partial charge in [0.15, 0.2) is 0 Å². The van der Waals surface area contributed by atoms with Gasteiger partial charge in [0.2, 0.25) is 5.91 Å². The Labute approximate surface area is 184 Å². The fraction of sp³-hybridized carbons (Fsp3) is 0.708. The third-order valence-corrected chi connectivity index (χ3v) is 7.82. The van der Waals surface area contributed by atoms with Gasteiger partial charge < -0.3 is 9.80 Å². The minimum Gasteiger partial charge on any atom is -0.352 e. The summed E-state index contributed by atoms with van der Waals surface area (Å²) in [7, 11) is 0. The normalized spacial score (nSPS) is 18.6. The van der Waals surface area contributed by atoms with E-state index in [-0.39, 0.29) is 0 Å². The number of rotatable bonds is 5. The molecule has 1 aliphatic heterocycles. The van der Waals surface area contributed by atoms with Gasteiger partial charge in [0, 0.05) is 43.4 Å². The number of thiophene rings is 1. The molecule has 1 atom stereocenters. The summed E-state index contributed by atoms with van der Waals surface area (Å²) in [6.45, 7) is 12.0. The molecule has 0 unspecified atom stereocenters. The van der Waals surface area contributed by atoms with Gasteiger partial charge in [0.1, 0.15) is 16.5 Å². The van der Waals surface area contributed by atoms with Gasteiger partial charge in [0.25, 0.3) is 0 Å². The topological polar surface area (TPSA) is 49.3 Å². The molecule has 1 aliphatic carbocycles. The van der Waals surface area contributed by atoms with Gasteiger partial charge >= 0.3 is 0 Å². The number of carbonyl (C=O) groups is 1. The lowest BCUT2D eigenvalue weighted by atomic mass is 10.1. The van der Waals surface area contributed by atoms with Crippen LogP contribution in [0, 0.1) is 5.92 Å². The zero-order valence-electron chi connectivity index (χ0n) is 19.0. The van der Waals surface area contributed by atoms with Crippen molar-refractivity contribution in [1.29, 1.82) is 0 Å². The maximum atomic E-state index is 12.5. The predicted molar refractivity (Wildman–Crippen MR) is 126 cm³/mol. The quantitative estimate of drug-likeness (QED) is 0.617. The molecule has 2 aromatic rings. The van der Waals surface area contributed by atoms with Gasteiger partial charge in [-0.05, 0) is 43.6 Å². The van der Waals surface area contributed by atoms with Crippen LogP contribution in [-0.4, -0.2) is 47.0 Å². The molecule has 4 rings (SSSR count). The second-order valence-electron chi connectivity index (χ2n) is 9.43. The molecular weight excluding hydrogens is 392 g/mol. The number of fused-ring (bicyclic) bond motifs is 3. The standard InChI is InChI=1S/C24H36N4OS/c1-5-17(4)22-25-23(28-13-11-27(12-14-28)20(29)15-16(2)3)21-18-9-7-6-8-10-19(18)30-24(21)26-22/h16-17H,5-15H2,1-4H3/t17-/m0/s1. The fourth-order valence-corrected chi connectivity index (χ4v) is 5.87. The zero-order chi connectivity index (χ0) is 21.3. The minimum atomic E-state index is 0.294.